The third-order valence-electron chi connectivity index (χ3n) is 25.3. The predicted octanol–water partition coefficient (Wildman–Crippen LogP) is 22.9. The molecule has 4 aliphatic heterocycles. The molecule has 0 bridgehead atoms. The van der Waals surface area contributed by atoms with Crippen LogP contribution >= 0.6 is 15.9 Å². The minimum absolute atomic E-state index is 0.00712. The summed E-state index contributed by atoms with van der Waals surface area (Å²) in [6.45, 7) is 14.6. The second-order valence-corrected chi connectivity index (χ2v) is 35.2. The van der Waals surface area contributed by atoms with Crippen molar-refractivity contribution in [1.82, 2.24) is 15.0 Å². The van der Waals surface area contributed by atoms with Crippen molar-refractivity contribution in [2.45, 2.75) is 247 Å². The van der Waals surface area contributed by atoms with Crippen LogP contribution in [0.5, 0.6) is 11.6 Å². The van der Waals surface area contributed by atoms with Crippen molar-refractivity contribution in [3.8, 4) is 11.6 Å². The number of carbonyl (C=O) groups is 2. The third-order valence-corrected chi connectivity index (χ3v) is 25.9. The number of carbonyl (C=O) groups excluding carboxylic acids is 2. The number of rotatable bonds is 13. The van der Waals surface area contributed by atoms with E-state index in [2.05, 4.69) is 60.0 Å². The highest BCUT2D eigenvalue weighted by atomic mass is 79.9. The Hall–Kier alpha value is -8.76. The van der Waals surface area contributed by atoms with Gasteiger partial charge in [0.1, 0.15) is 87.4 Å². The number of nitrogens with zero attached hydrogens (tertiary/aromatic N) is 3. The first-order valence-electron chi connectivity index (χ1n) is 43.8. The van der Waals surface area contributed by atoms with Gasteiger partial charge in [-0.15, -0.1) is 5.10 Å². The number of benzene rings is 7. The van der Waals surface area contributed by atoms with E-state index in [1.165, 1.54) is 72.2 Å². The lowest BCUT2D eigenvalue weighted by Gasteiger charge is -2.35. The summed E-state index contributed by atoms with van der Waals surface area (Å²) in [6.07, 6.45) is 19.6. The molecule has 6 aliphatic carbocycles. The predicted molar refractivity (Wildman–Crippen MR) is 458 cm³/mol. The summed E-state index contributed by atoms with van der Waals surface area (Å²) in [4.78, 5) is 23.5. The first-order chi connectivity index (χ1) is 61.2. The van der Waals surface area contributed by atoms with Crippen molar-refractivity contribution in [3.63, 3.8) is 0 Å². The molecule has 1 N–H and O–H groups in total. The molecule has 0 unspecified atom stereocenters. The summed E-state index contributed by atoms with van der Waals surface area (Å²) < 4.78 is 222. The van der Waals surface area contributed by atoms with E-state index in [0.717, 1.165) is 117 Å². The molecule has 0 atom stereocenters. The standard InChI is InChI=1S/C25H27F2N3O4.C14H23BO4.C14H16F2O2.C14H14F2O2.C12H14F2O.C12H12F2O.C6H3BrF2/c1-3-33-25(31)23-24(30(29-28-23)15-16-4-9-19(32-2)10-5-16)34-20-11-6-17(7-12-20)21-13-8-18(26)14-22(21)27;1-12(2)13(3,4)19-15(18-12)11-5-7-14(8-6-11)16-9-10-17-14;2*15-11-1-2-12(13(16)9-11)10-3-5-14(6-4-10)17-7-8-18-14;2*13-9-3-6-11(12(14)7-9)8-1-4-10(15)5-2-8;7-5-2-1-4(8)3-6(5)9/h4-5,8-10,13-14,17,20H,3,6-7,11-12,15H2,1-2H3;5H,6-10H2,1-4H3;1-2,9-10H,3-8H2;1-3,9H,4-8H2;3,6-8,10,15H,1-2,4-5H2;3,6-8H,1-2,4-5H2;1-3H. The van der Waals surface area contributed by atoms with Crippen LogP contribution in [0.2, 0.25) is 0 Å². The first-order valence-corrected chi connectivity index (χ1v) is 44.5. The molecule has 690 valence electrons. The van der Waals surface area contributed by atoms with Crippen LogP contribution in [0.4, 0.5) is 52.7 Å². The first kappa shape index (κ1) is 98.3. The summed E-state index contributed by atoms with van der Waals surface area (Å²) in [6, 6.07) is 29.5. The molecule has 5 heterocycles. The van der Waals surface area contributed by atoms with Crippen LogP contribution in [-0.4, -0.2) is 133 Å². The smallest absolute Gasteiger partial charge is 0.490 e. The van der Waals surface area contributed by atoms with Gasteiger partial charge in [0.2, 0.25) is 11.6 Å². The number of hydrogen-bond acceptors (Lipinski definition) is 16. The van der Waals surface area contributed by atoms with Gasteiger partial charge in [-0.05, 0) is 264 Å². The molecule has 31 heteroatoms. The van der Waals surface area contributed by atoms with Gasteiger partial charge in [-0.2, -0.15) is 0 Å². The Morgan fingerprint density at radius 3 is 1.31 bits per heavy atom. The number of aliphatic hydroxyl groups excluding tert-OH is 1. The lowest BCUT2D eigenvalue weighted by Crippen LogP contribution is -2.41. The minimum Gasteiger partial charge on any atom is -0.497 e. The second kappa shape index (κ2) is 44.9. The van der Waals surface area contributed by atoms with Crippen molar-refractivity contribution >= 4 is 40.4 Å². The average Bonchev–Trinajstić information content (AvgIpc) is 1.61. The number of hydrogen-bond donors (Lipinski definition) is 1. The quantitative estimate of drug-likeness (QED) is 0.0497. The molecule has 8 aromatic rings. The minimum atomic E-state index is -0.597. The van der Waals surface area contributed by atoms with Crippen LogP contribution in [0.1, 0.15) is 243 Å². The Morgan fingerprint density at radius 1 is 0.484 bits per heavy atom. The van der Waals surface area contributed by atoms with Crippen LogP contribution in [-0.2, 0) is 53.8 Å². The molecule has 10 aliphatic rings. The van der Waals surface area contributed by atoms with E-state index < -0.39 is 87.4 Å². The SMILES string of the molecule is CC1(C)OB(C2=CCC3(CC2)OCCO3)OC1(C)C.CCOC(=O)c1nnn(Cc2ccc(OC)cc2)c1OC1CCC(c2ccc(F)cc2F)CC1.Fc1ccc(Br)c(F)c1.Fc1ccc(C2=CCC3(CC2)OCCO3)c(F)c1.Fc1ccc(C2CCC3(CC2)OCCO3)c(F)c1.O=C1CCC(c2ccc(F)cc2F)CC1.OC1CCC(c2ccc(F)cc2F)CC1. The van der Waals surface area contributed by atoms with Crippen LogP contribution in [0.3, 0.4) is 0 Å². The Labute approximate surface area is 747 Å². The van der Waals surface area contributed by atoms with Gasteiger partial charge in [0.05, 0.1) is 81.7 Å². The molecule has 7 aromatic carbocycles. The maximum Gasteiger partial charge on any atom is 0.490 e. The largest absolute Gasteiger partial charge is 0.497 e. The molecular weight excluding hydrogens is 1750 g/mol. The number of Topliss-reactive ketones (excluding diaryl/α,β-unsaturated/α-hetero) is 1. The maximum absolute atomic E-state index is 14.2. The molecule has 128 heavy (non-hydrogen) atoms. The summed E-state index contributed by atoms with van der Waals surface area (Å²) in [5, 5.41) is 17.5. The number of allylic oxidation sites excluding steroid dienone is 2. The van der Waals surface area contributed by atoms with E-state index in [1.807, 2.05) is 30.3 Å². The number of aromatic nitrogens is 3. The Kier molecular flexibility index (Phi) is 34.5. The maximum atomic E-state index is 14.2. The van der Waals surface area contributed by atoms with Gasteiger partial charge in [0.15, 0.2) is 17.4 Å². The lowest BCUT2D eigenvalue weighted by atomic mass is 9.71. The molecule has 4 saturated heterocycles. The summed E-state index contributed by atoms with van der Waals surface area (Å²) in [7, 11) is 1.38. The molecule has 1 aromatic heterocycles. The highest BCUT2D eigenvalue weighted by molar-refractivity contribution is 9.10. The molecule has 18 rings (SSSR count). The Bertz CT molecular complexity index is 5070. The molecule has 8 fully saturated rings. The van der Waals surface area contributed by atoms with Gasteiger partial charge in [0, 0.05) is 93.3 Å². The number of aliphatic hydroxyl groups is 1. The van der Waals surface area contributed by atoms with E-state index in [4.69, 9.17) is 51.9 Å². The van der Waals surface area contributed by atoms with E-state index in [-0.39, 0.29) is 88.4 Å². The fourth-order valence-electron chi connectivity index (χ4n) is 17.4. The zero-order valence-corrected chi connectivity index (χ0v) is 74.2. The highest BCUT2D eigenvalue weighted by Gasteiger charge is 2.54. The van der Waals surface area contributed by atoms with Gasteiger partial charge in [0.25, 0.3) is 0 Å². The molecular formula is C97H109BBrF12N3O14. The number of esters is 1. The zero-order chi connectivity index (χ0) is 91.5. The van der Waals surface area contributed by atoms with E-state index in [0.29, 0.717) is 151 Å². The van der Waals surface area contributed by atoms with E-state index in [9.17, 15) is 67.4 Å². The Balaban J connectivity index is 0.000000140. The number of methoxy groups -OCH3 is 1. The molecule has 4 saturated carbocycles. The van der Waals surface area contributed by atoms with Gasteiger partial charge in [-0.3, -0.25) is 4.79 Å². The monoisotopic (exact) mass is 1860 g/mol. The fourth-order valence-corrected chi connectivity index (χ4v) is 17.6. The Morgan fingerprint density at radius 2 is 0.898 bits per heavy atom. The summed E-state index contributed by atoms with van der Waals surface area (Å²) >= 11 is 2.89. The van der Waals surface area contributed by atoms with Crippen molar-refractivity contribution in [1.29, 1.82) is 0 Å². The van der Waals surface area contributed by atoms with E-state index in [1.54, 1.807) is 24.8 Å². The van der Waals surface area contributed by atoms with Crippen molar-refractivity contribution in [2.24, 2.45) is 0 Å². The van der Waals surface area contributed by atoms with E-state index >= 15 is 0 Å². The van der Waals surface area contributed by atoms with Crippen LogP contribution < -0.4 is 9.47 Å². The number of ether oxygens (including phenoxy) is 9. The van der Waals surface area contributed by atoms with Gasteiger partial charge < -0.3 is 57.0 Å². The fraction of sp³-hybridized carbons (Fsp3) is 0.485. The second-order valence-electron chi connectivity index (χ2n) is 34.3. The van der Waals surface area contributed by atoms with Gasteiger partial charge in [-0.1, -0.05) is 53.8 Å². The molecule has 3 spiro atoms. The van der Waals surface area contributed by atoms with Gasteiger partial charge in [-0.25, -0.2) is 62.2 Å². The van der Waals surface area contributed by atoms with Crippen LogP contribution in [0.15, 0.2) is 156 Å². The topological polar surface area (TPSA) is 187 Å². The normalized spacial score (nSPS) is 21.8. The van der Waals surface area contributed by atoms with Gasteiger partial charge >= 0.3 is 13.1 Å². The molecule has 0 amide bonds. The summed E-state index contributed by atoms with van der Waals surface area (Å²) in [5.41, 5.74) is 5.30. The third kappa shape index (κ3) is 26.3. The number of halogens is 13. The molecule has 0 radical (unpaired) electrons. The van der Waals surface area contributed by atoms with Crippen molar-refractivity contribution in [2.75, 3.05) is 53.4 Å². The average molecular weight is 1860 g/mol. The lowest BCUT2D eigenvalue weighted by molar-refractivity contribution is -0.178. The summed E-state index contributed by atoms with van der Waals surface area (Å²) in [5.74, 6) is -6.61. The molecule has 17 nitrogen and oxygen atoms in total. The van der Waals surface area contributed by atoms with Crippen molar-refractivity contribution < 1.29 is 119 Å². The van der Waals surface area contributed by atoms with Crippen LogP contribution in [0.25, 0.3) is 5.57 Å². The zero-order valence-electron chi connectivity index (χ0n) is 72.6. The van der Waals surface area contributed by atoms with Crippen LogP contribution in [0, 0.1) is 69.8 Å². The van der Waals surface area contributed by atoms with Crippen molar-refractivity contribution in [3.05, 3.63) is 264 Å². The number of ketones is 1. The highest BCUT2D eigenvalue weighted by Crippen LogP contribution is 2.47.